The SMILES string of the molecule is C=C/C=C(\C=C)C(O)/C(=C/N(C)C)C(=O)S. The van der Waals surface area contributed by atoms with Crippen LogP contribution in [0.1, 0.15) is 0 Å². The summed E-state index contributed by atoms with van der Waals surface area (Å²) in [4.78, 5) is 12.9. The van der Waals surface area contributed by atoms with Gasteiger partial charge in [0, 0.05) is 20.3 Å². The van der Waals surface area contributed by atoms with Crippen LogP contribution in [-0.2, 0) is 4.79 Å². The van der Waals surface area contributed by atoms with Gasteiger partial charge in [0.05, 0.1) is 5.57 Å². The van der Waals surface area contributed by atoms with Crippen LogP contribution in [-0.4, -0.2) is 35.3 Å². The minimum Gasteiger partial charge on any atom is -0.383 e. The van der Waals surface area contributed by atoms with E-state index in [1.165, 1.54) is 18.4 Å². The topological polar surface area (TPSA) is 40.5 Å². The Kier molecular flexibility index (Phi) is 6.53. The summed E-state index contributed by atoms with van der Waals surface area (Å²) in [6.07, 6.45) is 5.09. The Labute approximate surface area is 102 Å². The van der Waals surface area contributed by atoms with Gasteiger partial charge in [0.25, 0.3) is 0 Å². The fraction of sp³-hybridized carbons (Fsp3) is 0.250. The predicted molar refractivity (Wildman–Crippen MR) is 70.2 cm³/mol. The van der Waals surface area contributed by atoms with Crippen molar-refractivity contribution in [1.29, 1.82) is 0 Å². The smallest absolute Gasteiger partial charge is 0.216 e. The molecule has 1 N–H and O–H groups in total. The van der Waals surface area contributed by atoms with Crippen molar-refractivity contribution in [3.8, 4) is 0 Å². The van der Waals surface area contributed by atoms with Crippen molar-refractivity contribution in [2.45, 2.75) is 6.10 Å². The number of nitrogens with zero attached hydrogens (tertiary/aromatic N) is 1. The van der Waals surface area contributed by atoms with E-state index in [-0.39, 0.29) is 5.57 Å². The molecule has 0 saturated heterocycles. The third-order valence-electron chi connectivity index (χ3n) is 1.80. The standard InChI is InChI=1S/C12H17NO2S/c1-5-7-9(6-2)11(14)10(12(15)16)8-13(3)4/h5-8,11,14H,1-2H2,3-4H3,(H,15,16)/b9-7+,10-8-. The lowest BCUT2D eigenvalue weighted by atomic mass is 10.0. The summed E-state index contributed by atoms with van der Waals surface area (Å²) < 4.78 is 0. The van der Waals surface area contributed by atoms with Gasteiger partial charge in [-0.2, -0.15) is 0 Å². The largest absolute Gasteiger partial charge is 0.383 e. The molecular formula is C12H17NO2S. The van der Waals surface area contributed by atoms with E-state index in [1.807, 2.05) is 0 Å². The number of carbonyl (C=O) groups excluding carboxylic acids is 1. The minimum absolute atomic E-state index is 0.196. The summed E-state index contributed by atoms with van der Waals surface area (Å²) in [7, 11) is 3.52. The normalized spacial score (nSPS) is 14.2. The molecule has 0 aromatic heterocycles. The van der Waals surface area contributed by atoms with Crippen LogP contribution >= 0.6 is 12.6 Å². The predicted octanol–water partition coefficient (Wildman–Crippen LogP) is 1.55. The number of aliphatic hydroxyl groups is 1. The van der Waals surface area contributed by atoms with E-state index in [4.69, 9.17) is 0 Å². The number of aliphatic hydroxyl groups excluding tert-OH is 1. The first-order valence-corrected chi connectivity index (χ1v) is 5.13. The molecule has 88 valence electrons. The zero-order valence-electron chi connectivity index (χ0n) is 9.55. The maximum absolute atomic E-state index is 11.3. The van der Waals surface area contributed by atoms with Crippen molar-refractivity contribution < 1.29 is 9.90 Å². The molecule has 0 saturated carbocycles. The highest BCUT2D eigenvalue weighted by Gasteiger charge is 2.18. The maximum Gasteiger partial charge on any atom is 0.216 e. The molecule has 0 rings (SSSR count). The number of carbonyl (C=O) groups is 1. The van der Waals surface area contributed by atoms with Crippen molar-refractivity contribution >= 4 is 17.7 Å². The summed E-state index contributed by atoms with van der Waals surface area (Å²) in [5.74, 6) is 0. The average Bonchev–Trinajstić information content (AvgIpc) is 2.21. The molecule has 0 spiro atoms. The highest BCUT2D eigenvalue weighted by Crippen LogP contribution is 2.16. The van der Waals surface area contributed by atoms with E-state index >= 15 is 0 Å². The monoisotopic (exact) mass is 239 g/mol. The van der Waals surface area contributed by atoms with Crippen LogP contribution in [0.25, 0.3) is 0 Å². The Morgan fingerprint density at radius 2 is 2.00 bits per heavy atom. The van der Waals surface area contributed by atoms with Crippen molar-refractivity contribution in [1.82, 2.24) is 4.90 Å². The first-order chi connectivity index (χ1) is 7.43. The van der Waals surface area contributed by atoms with Gasteiger partial charge in [-0.3, -0.25) is 4.79 Å². The van der Waals surface area contributed by atoms with Gasteiger partial charge in [0.15, 0.2) is 0 Å². The first-order valence-electron chi connectivity index (χ1n) is 4.68. The number of thiol groups is 1. The molecule has 0 bridgehead atoms. The number of hydrogen-bond donors (Lipinski definition) is 2. The van der Waals surface area contributed by atoms with Crippen LogP contribution in [0, 0.1) is 0 Å². The summed E-state index contributed by atoms with van der Waals surface area (Å²) in [6, 6.07) is 0. The Morgan fingerprint density at radius 3 is 2.31 bits per heavy atom. The Balaban J connectivity index is 5.23. The van der Waals surface area contributed by atoms with Crippen molar-refractivity contribution in [3.63, 3.8) is 0 Å². The molecule has 1 atom stereocenters. The van der Waals surface area contributed by atoms with Crippen LogP contribution in [0.4, 0.5) is 0 Å². The molecule has 1 unspecified atom stereocenters. The van der Waals surface area contributed by atoms with Crippen molar-refractivity contribution in [2.75, 3.05) is 14.1 Å². The molecule has 0 aromatic rings. The van der Waals surface area contributed by atoms with Crippen LogP contribution < -0.4 is 0 Å². The van der Waals surface area contributed by atoms with Gasteiger partial charge in [-0.15, -0.1) is 12.6 Å². The second kappa shape index (κ2) is 7.09. The van der Waals surface area contributed by atoms with E-state index < -0.39 is 11.2 Å². The number of allylic oxidation sites excluding steroid dienone is 2. The Bertz CT molecular complexity index is 343. The zero-order chi connectivity index (χ0) is 12.7. The van der Waals surface area contributed by atoms with Crippen LogP contribution in [0.15, 0.2) is 48.7 Å². The van der Waals surface area contributed by atoms with E-state index in [9.17, 15) is 9.90 Å². The van der Waals surface area contributed by atoms with Gasteiger partial charge in [-0.1, -0.05) is 31.4 Å². The summed E-state index contributed by atoms with van der Waals surface area (Å²) in [6.45, 7) is 7.10. The first kappa shape index (κ1) is 14.7. The fourth-order valence-electron chi connectivity index (χ4n) is 1.11. The summed E-state index contributed by atoms with van der Waals surface area (Å²) >= 11 is 3.73. The van der Waals surface area contributed by atoms with Crippen LogP contribution in [0.5, 0.6) is 0 Å². The van der Waals surface area contributed by atoms with Crippen LogP contribution in [0.2, 0.25) is 0 Å². The average molecular weight is 239 g/mol. The third-order valence-corrected chi connectivity index (χ3v) is 2.06. The van der Waals surface area contributed by atoms with E-state index in [0.29, 0.717) is 5.57 Å². The summed E-state index contributed by atoms with van der Waals surface area (Å²) in [5.41, 5.74) is 0.701. The quantitative estimate of drug-likeness (QED) is 0.420. The molecule has 0 fully saturated rings. The number of hydrogen-bond acceptors (Lipinski definition) is 3. The maximum atomic E-state index is 11.3. The van der Waals surface area contributed by atoms with Crippen LogP contribution in [0.3, 0.4) is 0 Å². The van der Waals surface area contributed by atoms with E-state index in [0.717, 1.165) is 0 Å². The Morgan fingerprint density at radius 1 is 1.44 bits per heavy atom. The highest BCUT2D eigenvalue weighted by atomic mass is 32.1. The summed E-state index contributed by atoms with van der Waals surface area (Å²) in [5, 5.41) is 9.49. The number of rotatable bonds is 6. The molecule has 0 heterocycles. The highest BCUT2D eigenvalue weighted by molar-refractivity contribution is 7.97. The zero-order valence-corrected chi connectivity index (χ0v) is 10.4. The molecule has 16 heavy (non-hydrogen) atoms. The van der Waals surface area contributed by atoms with Gasteiger partial charge in [0.1, 0.15) is 6.10 Å². The second-order valence-electron chi connectivity index (χ2n) is 3.36. The lowest BCUT2D eigenvalue weighted by molar-refractivity contribution is -0.108. The Hall–Kier alpha value is -1.26. The van der Waals surface area contributed by atoms with Gasteiger partial charge in [-0.05, 0) is 5.57 Å². The van der Waals surface area contributed by atoms with Gasteiger partial charge < -0.3 is 10.0 Å². The molecule has 0 aliphatic rings. The molecule has 0 aromatic carbocycles. The molecule has 4 heteroatoms. The third kappa shape index (κ3) is 4.51. The fourth-order valence-corrected chi connectivity index (χ4v) is 1.29. The molecule has 0 radical (unpaired) electrons. The molecule has 0 aliphatic carbocycles. The molecule has 0 amide bonds. The van der Waals surface area contributed by atoms with Gasteiger partial charge >= 0.3 is 0 Å². The minimum atomic E-state index is -1.04. The molecule has 3 nitrogen and oxygen atoms in total. The second-order valence-corrected chi connectivity index (χ2v) is 3.77. The van der Waals surface area contributed by atoms with E-state index in [2.05, 4.69) is 25.8 Å². The van der Waals surface area contributed by atoms with E-state index in [1.54, 1.807) is 25.1 Å². The molecular weight excluding hydrogens is 222 g/mol. The van der Waals surface area contributed by atoms with Gasteiger partial charge in [-0.25, -0.2) is 0 Å². The lowest BCUT2D eigenvalue weighted by Gasteiger charge is -2.16. The van der Waals surface area contributed by atoms with Gasteiger partial charge in [0.2, 0.25) is 5.12 Å². The lowest BCUT2D eigenvalue weighted by Crippen LogP contribution is -2.19. The van der Waals surface area contributed by atoms with Crippen molar-refractivity contribution in [2.24, 2.45) is 0 Å². The van der Waals surface area contributed by atoms with Crippen molar-refractivity contribution in [3.05, 3.63) is 48.7 Å². The molecule has 0 aliphatic heterocycles.